The van der Waals surface area contributed by atoms with Crippen molar-refractivity contribution in [2.24, 2.45) is 0 Å². The number of carbonyl (C=O) groups is 1. The van der Waals surface area contributed by atoms with Crippen LogP contribution in [-0.4, -0.2) is 17.7 Å². The van der Waals surface area contributed by atoms with E-state index in [1.807, 2.05) is 18.2 Å². The molecular weight excluding hydrogens is 192 g/mol. The molecule has 0 saturated heterocycles. The minimum Gasteiger partial charge on any atom is -0.482 e. The van der Waals surface area contributed by atoms with E-state index in [4.69, 9.17) is 9.84 Å². The van der Waals surface area contributed by atoms with E-state index in [1.165, 1.54) is 11.1 Å². The van der Waals surface area contributed by atoms with E-state index in [0.717, 1.165) is 12.8 Å². The van der Waals surface area contributed by atoms with Gasteiger partial charge in [-0.2, -0.15) is 0 Å². The molecule has 1 aromatic carbocycles. The third kappa shape index (κ3) is 3.27. The van der Waals surface area contributed by atoms with Crippen LogP contribution >= 0.6 is 0 Å². The molecule has 3 heteroatoms. The standard InChI is InChI=1S/C12H16O3/c1-3-9-5-6-11(7-10(9)4-2)15-8-12(13)14/h5-7H,3-4,8H2,1-2H3,(H,13,14). The highest BCUT2D eigenvalue weighted by atomic mass is 16.5. The van der Waals surface area contributed by atoms with Gasteiger partial charge in [0.15, 0.2) is 6.61 Å². The predicted octanol–water partition coefficient (Wildman–Crippen LogP) is 2.27. The third-order valence-corrected chi connectivity index (χ3v) is 2.30. The summed E-state index contributed by atoms with van der Waals surface area (Å²) in [6, 6.07) is 5.73. The van der Waals surface area contributed by atoms with Crippen LogP contribution in [0.4, 0.5) is 0 Å². The van der Waals surface area contributed by atoms with Gasteiger partial charge in [-0.1, -0.05) is 19.9 Å². The van der Waals surface area contributed by atoms with Crippen LogP contribution in [0, 0.1) is 0 Å². The number of aryl methyl sites for hydroxylation is 2. The largest absolute Gasteiger partial charge is 0.482 e. The fraction of sp³-hybridized carbons (Fsp3) is 0.417. The van der Waals surface area contributed by atoms with Crippen LogP contribution in [0.5, 0.6) is 5.75 Å². The summed E-state index contributed by atoms with van der Waals surface area (Å²) < 4.78 is 5.11. The fourth-order valence-corrected chi connectivity index (χ4v) is 1.51. The first-order chi connectivity index (χ1) is 7.17. The van der Waals surface area contributed by atoms with E-state index in [-0.39, 0.29) is 6.61 Å². The number of carboxylic acid groups (broad SMARTS) is 1. The highest BCUT2D eigenvalue weighted by Crippen LogP contribution is 2.18. The van der Waals surface area contributed by atoms with Crippen molar-refractivity contribution in [3.63, 3.8) is 0 Å². The van der Waals surface area contributed by atoms with Gasteiger partial charge >= 0.3 is 5.97 Å². The summed E-state index contributed by atoms with van der Waals surface area (Å²) in [4.78, 5) is 10.3. The van der Waals surface area contributed by atoms with E-state index >= 15 is 0 Å². The first-order valence-corrected chi connectivity index (χ1v) is 5.13. The lowest BCUT2D eigenvalue weighted by molar-refractivity contribution is -0.139. The summed E-state index contributed by atoms with van der Waals surface area (Å²) in [5.74, 6) is -0.320. The molecular formula is C12H16O3. The number of rotatable bonds is 5. The van der Waals surface area contributed by atoms with E-state index in [2.05, 4.69) is 13.8 Å². The smallest absolute Gasteiger partial charge is 0.341 e. The lowest BCUT2D eigenvalue weighted by Gasteiger charge is -2.09. The molecule has 0 unspecified atom stereocenters. The van der Waals surface area contributed by atoms with Crippen LogP contribution in [-0.2, 0) is 17.6 Å². The van der Waals surface area contributed by atoms with E-state index in [9.17, 15) is 4.79 Å². The van der Waals surface area contributed by atoms with Gasteiger partial charge in [0.1, 0.15) is 5.75 Å². The minimum atomic E-state index is -0.951. The Morgan fingerprint density at radius 1 is 1.27 bits per heavy atom. The molecule has 1 rings (SSSR count). The maximum atomic E-state index is 10.3. The van der Waals surface area contributed by atoms with Gasteiger partial charge in [-0.05, 0) is 36.1 Å². The lowest BCUT2D eigenvalue weighted by Crippen LogP contribution is -2.09. The summed E-state index contributed by atoms with van der Waals surface area (Å²) in [6.07, 6.45) is 1.93. The van der Waals surface area contributed by atoms with Crippen molar-refractivity contribution in [1.82, 2.24) is 0 Å². The van der Waals surface area contributed by atoms with Gasteiger partial charge in [0.25, 0.3) is 0 Å². The van der Waals surface area contributed by atoms with Gasteiger partial charge in [-0.15, -0.1) is 0 Å². The van der Waals surface area contributed by atoms with E-state index in [0.29, 0.717) is 5.75 Å². The van der Waals surface area contributed by atoms with Crippen molar-refractivity contribution in [3.8, 4) is 5.75 Å². The molecule has 0 aromatic heterocycles. The number of hydrogen-bond acceptors (Lipinski definition) is 2. The maximum Gasteiger partial charge on any atom is 0.341 e. The molecule has 1 aromatic rings. The summed E-state index contributed by atoms with van der Waals surface area (Å²) >= 11 is 0. The van der Waals surface area contributed by atoms with Crippen molar-refractivity contribution in [1.29, 1.82) is 0 Å². The van der Waals surface area contributed by atoms with Crippen LogP contribution < -0.4 is 4.74 Å². The van der Waals surface area contributed by atoms with Crippen molar-refractivity contribution in [2.45, 2.75) is 26.7 Å². The van der Waals surface area contributed by atoms with Gasteiger partial charge in [0, 0.05) is 0 Å². The molecule has 0 amide bonds. The first kappa shape index (κ1) is 11.6. The Kier molecular flexibility index (Phi) is 4.16. The molecule has 0 atom stereocenters. The van der Waals surface area contributed by atoms with Crippen LogP contribution in [0.15, 0.2) is 18.2 Å². The lowest BCUT2D eigenvalue weighted by atomic mass is 10.0. The van der Waals surface area contributed by atoms with Crippen molar-refractivity contribution in [3.05, 3.63) is 29.3 Å². The molecule has 82 valence electrons. The van der Waals surface area contributed by atoms with Crippen molar-refractivity contribution >= 4 is 5.97 Å². The van der Waals surface area contributed by atoms with Crippen LogP contribution in [0.3, 0.4) is 0 Å². The monoisotopic (exact) mass is 208 g/mol. The second-order valence-electron chi connectivity index (χ2n) is 3.32. The summed E-state index contributed by atoms with van der Waals surface area (Å²) in [5, 5.41) is 8.48. The van der Waals surface area contributed by atoms with Gasteiger partial charge in [-0.25, -0.2) is 4.79 Å². The average Bonchev–Trinajstić information content (AvgIpc) is 2.25. The first-order valence-electron chi connectivity index (χ1n) is 5.13. The van der Waals surface area contributed by atoms with Gasteiger partial charge < -0.3 is 9.84 Å². The predicted molar refractivity (Wildman–Crippen MR) is 58.3 cm³/mol. The van der Waals surface area contributed by atoms with Crippen molar-refractivity contribution < 1.29 is 14.6 Å². The molecule has 0 radical (unpaired) electrons. The molecule has 0 saturated carbocycles. The quantitative estimate of drug-likeness (QED) is 0.807. The number of benzene rings is 1. The molecule has 0 spiro atoms. The SMILES string of the molecule is CCc1ccc(OCC(=O)O)cc1CC. The molecule has 1 N–H and O–H groups in total. The van der Waals surface area contributed by atoms with Crippen LogP contribution in [0.25, 0.3) is 0 Å². The summed E-state index contributed by atoms with van der Waals surface area (Å²) in [5.41, 5.74) is 2.51. The Morgan fingerprint density at radius 2 is 1.93 bits per heavy atom. The number of carboxylic acids is 1. The van der Waals surface area contributed by atoms with E-state index in [1.54, 1.807) is 0 Å². The molecule has 0 aliphatic carbocycles. The molecule has 0 heterocycles. The van der Waals surface area contributed by atoms with Crippen LogP contribution in [0.1, 0.15) is 25.0 Å². The van der Waals surface area contributed by atoms with E-state index < -0.39 is 5.97 Å². The molecule has 0 aliphatic rings. The van der Waals surface area contributed by atoms with Gasteiger partial charge in [0.2, 0.25) is 0 Å². The number of hydrogen-bond donors (Lipinski definition) is 1. The summed E-state index contributed by atoms with van der Waals surface area (Å²) in [7, 11) is 0. The number of aliphatic carboxylic acids is 1. The Labute approximate surface area is 89.7 Å². The zero-order valence-corrected chi connectivity index (χ0v) is 9.12. The molecule has 0 aliphatic heterocycles. The Balaban J connectivity index is 2.78. The third-order valence-electron chi connectivity index (χ3n) is 2.30. The van der Waals surface area contributed by atoms with Gasteiger partial charge in [0.05, 0.1) is 0 Å². The van der Waals surface area contributed by atoms with Crippen molar-refractivity contribution in [2.75, 3.05) is 6.61 Å². The molecule has 15 heavy (non-hydrogen) atoms. The molecule has 0 fully saturated rings. The van der Waals surface area contributed by atoms with Crippen LogP contribution in [0.2, 0.25) is 0 Å². The average molecular weight is 208 g/mol. The second kappa shape index (κ2) is 5.39. The minimum absolute atomic E-state index is 0.283. The fourth-order valence-electron chi connectivity index (χ4n) is 1.51. The zero-order chi connectivity index (χ0) is 11.3. The normalized spacial score (nSPS) is 10.0. The molecule has 3 nitrogen and oxygen atoms in total. The highest BCUT2D eigenvalue weighted by Gasteiger charge is 2.03. The highest BCUT2D eigenvalue weighted by molar-refractivity contribution is 5.68. The Morgan fingerprint density at radius 3 is 2.47 bits per heavy atom. The second-order valence-corrected chi connectivity index (χ2v) is 3.32. The van der Waals surface area contributed by atoms with Gasteiger partial charge in [-0.3, -0.25) is 0 Å². The Bertz CT molecular complexity index is 345. The maximum absolute atomic E-state index is 10.3. The number of ether oxygens (including phenoxy) is 1. The zero-order valence-electron chi connectivity index (χ0n) is 9.12. The topological polar surface area (TPSA) is 46.5 Å². The molecule has 0 bridgehead atoms. The Hall–Kier alpha value is -1.51. The summed E-state index contributed by atoms with van der Waals surface area (Å²) in [6.45, 7) is 3.90.